The first-order chi connectivity index (χ1) is 14.5. The summed E-state index contributed by atoms with van der Waals surface area (Å²) < 4.78 is 7.39. The smallest absolute Gasteiger partial charge is 0.255 e. The standard InChI is InChI=1S/C22H28N6O2/c1-15-24-20(14-30-15)13-27-8-16-7-18(11-27)21-4-3-17(22(29)28(21)9-16)10-26(2)12-19-5-6-23-25-19/h3-6,14,16,18H,7-13H2,1-2H3,(H,23,25)/t16-,18+/m0/s1. The molecule has 5 heterocycles. The first kappa shape index (κ1) is 19.3. The van der Waals surface area contributed by atoms with Gasteiger partial charge < -0.3 is 8.98 Å². The zero-order chi connectivity index (χ0) is 20.7. The maximum atomic E-state index is 13.2. The summed E-state index contributed by atoms with van der Waals surface area (Å²) in [6.45, 7) is 6.82. The van der Waals surface area contributed by atoms with Gasteiger partial charge in [-0.25, -0.2) is 4.98 Å². The lowest BCUT2D eigenvalue weighted by atomic mass is 9.83. The van der Waals surface area contributed by atoms with Crippen LogP contribution in [0.25, 0.3) is 0 Å². The van der Waals surface area contributed by atoms with Crippen LogP contribution in [0.15, 0.2) is 39.9 Å². The van der Waals surface area contributed by atoms with Crippen LogP contribution in [0.5, 0.6) is 0 Å². The summed E-state index contributed by atoms with van der Waals surface area (Å²) in [4.78, 5) is 22.3. The van der Waals surface area contributed by atoms with Crippen molar-refractivity contribution < 1.29 is 4.42 Å². The van der Waals surface area contributed by atoms with Crippen molar-refractivity contribution in [3.63, 3.8) is 0 Å². The largest absolute Gasteiger partial charge is 0.449 e. The van der Waals surface area contributed by atoms with E-state index < -0.39 is 0 Å². The monoisotopic (exact) mass is 408 g/mol. The molecule has 0 aliphatic carbocycles. The Morgan fingerprint density at radius 1 is 1.23 bits per heavy atom. The van der Waals surface area contributed by atoms with Gasteiger partial charge in [0.15, 0.2) is 5.89 Å². The molecule has 8 heteroatoms. The molecule has 30 heavy (non-hydrogen) atoms. The van der Waals surface area contributed by atoms with E-state index >= 15 is 0 Å². The van der Waals surface area contributed by atoms with Crippen LogP contribution in [0.2, 0.25) is 0 Å². The summed E-state index contributed by atoms with van der Waals surface area (Å²) >= 11 is 0. The lowest BCUT2D eigenvalue weighted by Gasteiger charge is -2.42. The van der Waals surface area contributed by atoms with Crippen molar-refractivity contribution in [2.75, 3.05) is 20.1 Å². The number of nitrogens with zero attached hydrogens (tertiary/aromatic N) is 5. The Morgan fingerprint density at radius 3 is 2.90 bits per heavy atom. The molecule has 8 nitrogen and oxygen atoms in total. The maximum absolute atomic E-state index is 13.2. The zero-order valence-electron chi connectivity index (χ0n) is 17.5. The van der Waals surface area contributed by atoms with Crippen LogP contribution in [0, 0.1) is 12.8 Å². The SMILES string of the molecule is Cc1nc(CN2C[C@@H]3C[C@H](C2)c2ccc(CN(C)Cc4ccn[nH]4)c(=O)n2C3)co1. The summed E-state index contributed by atoms with van der Waals surface area (Å²) in [6.07, 6.45) is 4.67. The number of hydrogen-bond acceptors (Lipinski definition) is 6. The van der Waals surface area contributed by atoms with Crippen molar-refractivity contribution in [3.05, 3.63) is 69.5 Å². The minimum Gasteiger partial charge on any atom is -0.449 e. The average Bonchev–Trinajstić information content (AvgIpc) is 3.36. The molecule has 2 aliphatic heterocycles. The van der Waals surface area contributed by atoms with Crippen molar-refractivity contribution in [1.82, 2.24) is 29.5 Å². The van der Waals surface area contributed by atoms with Crippen molar-refractivity contribution in [3.8, 4) is 0 Å². The minimum atomic E-state index is 0.166. The van der Waals surface area contributed by atoms with Crippen LogP contribution < -0.4 is 5.56 Å². The Hall–Kier alpha value is -2.71. The van der Waals surface area contributed by atoms with Gasteiger partial charge in [-0.15, -0.1) is 0 Å². The molecule has 0 spiro atoms. The third-order valence-electron chi connectivity index (χ3n) is 6.25. The molecular formula is C22H28N6O2. The molecule has 1 N–H and O–H groups in total. The number of pyridine rings is 1. The number of aromatic nitrogens is 4. The van der Waals surface area contributed by atoms with E-state index in [2.05, 4.69) is 31.0 Å². The van der Waals surface area contributed by atoms with Gasteiger partial charge in [0.05, 0.1) is 5.69 Å². The van der Waals surface area contributed by atoms with Gasteiger partial charge in [-0.05, 0) is 31.5 Å². The van der Waals surface area contributed by atoms with Crippen molar-refractivity contribution in [2.24, 2.45) is 5.92 Å². The van der Waals surface area contributed by atoms with E-state index in [1.54, 1.807) is 12.5 Å². The van der Waals surface area contributed by atoms with Gasteiger partial charge >= 0.3 is 0 Å². The summed E-state index contributed by atoms with van der Waals surface area (Å²) in [5.41, 5.74) is 4.24. The molecule has 0 amide bonds. The molecular weight excluding hydrogens is 380 g/mol. The predicted molar refractivity (Wildman–Crippen MR) is 112 cm³/mol. The van der Waals surface area contributed by atoms with Crippen LogP contribution in [-0.4, -0.2) is 49.7 Å². The van der Waals surface area contributed by atoms with Gasteiger partial charge in [0, 0.05) is 75.3 Å². The number of piperidine rings is 1. The molecule has 1 fully saturated rings. The molecule has 3 aromatic heterocycles. The molecule has 158 valence electrons. The second-order valence-electron chi connectivity index (χ2n) is 8.80. The highest BCUT2D eigenvalue weighted by Gasteiger charge is 2.35. The van der Waals surface area contributed by atoms with Crippen molar-refractivity contribution >= 4 is 0 Å². The highest BCUT2D eigenvalue weighted by atomic mass is 16.3. The lowest BCUT2D eigenvalue weighted by Crippen LogP contribution is -2.47. The minimum absolute atomic E-state index is 0.166. The molecule has 2 aliphatic rings. The van der Waals surface area contributed by atoms with Crippen molar-refractivity contribution in [1.29, 1.82) is 0 Å². The van der Waals surface area contributed by atoms with Gasteiger partial charge in [-0.3, -0.25) is 19.7 Å². The van der Waals surface area contributed by atoms with E-state index in [1.165, 1.54) is 5.69 Å². The van der Waals surface area contributed by atoms with E-state index in [-0.39, 0.29) is 5.56 Å². The lowest BCUT2D eigenvalue weighted by molar-refractivity contribution is 0.113. The Morgan fingerprint density at radius 2 is 2.13 bits per heavy atom. The summed E-state index contributed by atoms with van der Waals surface area (Å²) in [5.74, 6) is 1.61. The van der Waals surface area contributed by atoms with Crippen LogP contribution in [0.1, 0.15) is 40.9 Å². The van der Waals surface area contributed by atoms with Gasteiger partial charge in [0.2, 0.25) is 0 Å². The number of likely N-dealkylation sites (tertiary alicyclic amines) is 1. The normalized spacial score (nSPS) is 21.2. The number of aryl methyl sites for hydroxylation is 1. The topological polar surface area (TPSA) is 83.2 Å². The Kier molecular flexibility index (Phi) is 5.04. The number of oxazole rings is 1. The number of rotatable bonds is 6. The van der Waals surface area contributed by atoms with Gasteiger partial charge in [-0.2, -0.15) is 5.10 Å². The zero-order valence-corrected chi connectivity index (χ0v) is 17.5. The number of aromatic amines is 1. The fourth-order valence-electron chi connectivity index (χ4n) is 5.06. The molecule has 1 saturated heterocycles. The highest BCUT2D eigenvalue weighted by Crippen LogP contribution is 2.35. The molecule has 0 saturated carbocycles. The second kappa shape index (κ2) is 7.85. The van der Waals surface area contributed by atoms with E-state index in [4.69, 9.17) is 4.42 Å². The van der Waals surface area contributed by atoms with Crippen LogP contribution in [0.4, 0.5) is 0 Å². The molecule has 2 bridgehead atoms. The Labute approximate surface area is 175 Å². The van der Waals surface area contributed by atoms with Crippen LogP contribution in [-0.2, 0) is 26.2 Å². The third kappa shape index (κ3) is 3.85. The van der Waals surface area contributed by atoms with E-state index in [9.17, 15) is 4.79 Å². The first-order valence-electron chi connectivity index (χ1n) is 10.6. The van der Waals surface area contributed by atoms with Crippen LogP contribution >= 0.6 is 0 Å². The molecule has 2 atom stereocenters. The highest BCUT2D eigenvalue weighted by molar-refractivity contribution is 5.22. The molecule has 5 rings (SSSR count). The molecule has 0 radical (unpaired) electrons. The number of hydrogen-bond donors (Lipinski definition) is 1. The number of nitrogens with one attached hydrogen (secondary N) is 1. The number of H-pyrrole nitrogens is 1. The molecule has 3 aromatic rings. The molecule has 0 aromatic carbocycles. The Balaban J connectivity index is 1.31. The summed E-state index contributed by atoms with van der Waals surface area (Å²) in [7, 11) is 2.03. The predicted octanol–water partition coefficient (Wildman–Crippen LogP) is 2.12. The van der Waals surface area contributed by atoms with Gasteiger partial charge in [-0.1, -0.05) is 6.07 Å². The Bertz CT molecular complexity index is 1070. The maximum Gasteiger partial charge on any atom is 0.255 e. The van der Waals surface area contributed by atoms with E-state index in [0.717, 1.165) is 56.1 Å². The summed E-state index contributed by atoms with van der Waals surface area (Å²) in [5, 5.41) is 6.97. The van der Waals surface area contributed by atoms with Crippen molar-refractivity contribution in [2.45, 2.75) is 45.4 Å². The van der Waals surface area contributed by atoms with Gasteiger partial charge in [0.25, 0.3) is 5.56 Å². The quantitative estimate of drug-likeness (QED) is 0.673. The summed E-state index contributed by atoms with van der Waals surface area (Å²) in [6, 6.07) is 6.16. The van der Waals surface area contributed by atoms with Gasteiger partial charge in [0.1, 0.15) is 6.26 Å². The second-order valence-corrected chi connectivity index (χ2v) is 8.80. The first-order valence-corrected chi connectivity index (χ1v) is 10.6. The fourth-order valence-corrected chi connectivity index (χ4v) is 5.06. The van der Waals surface area contributed by atoms with Crippen LogP contribution in [0.3, 0.4) is 0 Å². The average molecular weight is 409 g/mol. The van der Waals surface area contributed by atoms with E-state index in [0.29, 0.717) is 24.3 Å². The van der Waals surface area contributed by atoms with E-state index in [1.807, 2.05) is 30.7 Å². The number of fused-ring (bicyclic) bond motifs is 4. The third-order valence-corrected chi connectivity index (χ3v) is 6.25. The fraction of sp³-hybridized carbons (Fsp3) is 0.500. The molecule has 0 unspecified atom stereocenters.